The number of nitrogens with zero attached hydrogens (tertiary/aromatic N) is 1. The second-order valence-corrected chi connectivity index (χ2v) is 3.04. The summed E-state index contributed by atoms with van der Waals surface area (Å²) in [6.45, 7) is 4.36. The molecule has 1 fully saturated rings. The van der Waals surface area contributed by atoms with Gasteiger partial charge in [-0.3, -0.25) is 0 Å². The molecule has 0 aromatic carbocycles. The van der Waals surface area contributed by atoms with E-state index in [4.69, 9.17) is 9.47 Å². The van der Waals surface area contributed by atoms with Gasteiger partial charge in [0.25, 0.3) is 0 Å². The molecule has 4 nitrogen and oxygen atoms in total. The third-order valence-corrected chi connectivity index (χ3v) is 1.51. The molecule has 1 radical (unpaired) electrons. The Morgan fingerprint density at radius 2 is 2.33 bits per heavy atom. The summed E-state index contributed by atoms with van der Waals surface area (Å²) in [4.78, 5) is 10.9. The third kappa shape index (κ3) is 3.09. The van der Waals surface area contributed by atoms with E-state index in [1.807, 2.05) is 0 Å². The quantitative estimate of drug-likeness (QED) is 0.589. The summed E-state index contributed by atoms with van der Waals surface area (Å²) in [6.07, 6.45) is 0.822. The van der Waals surface area contributed by atoms with Crippen LogP contribution < -0.4 is 5.32 Å². The molecule has 1 aliphatic heterocycles. The lowest BCUT2D eigenvalue weighted by Gasteiger charge is -2.12. The van der Waals surface area contributed by atoms with Gasteiger partial charge in [-0.05, 0) is 20.3 Å². The molecule has 0 amide bonds. The molecule has 0 bridgehead atoms. The minimum atomic E-state index is -0.611. The summed E-state index contributed by atoms with van der Waals surface area (Å²) in [7, 11) is 0. The molecule has 12 heavy (non-hydrogen) atoms. The molecule has 1 saturated heterocycles. The molecule has 0 aromatic heterocycles. The summed E-state index contributed by atoms with van der Waals surface area (Å²) in [6, 6.07) is 0. The van der Waals surface area contributed by atoms with Gasteiger partial charge < -0.3 is 9.47 Å². The molecular weight excluding hydrogens is 158 g/mol. The molecule has 1 aliphatic rings. The van der Waals surface area contributed by atoms with Crippen molar-refractivity contribution in [1.29, 1.82) is 0 Å². The molecule has 69 valence electrons. The predicted octanol–water partition coefficient (Wildman–Crippen LogP) is 1.27. The molecule has 1 rings (SSSR count). The molecule has 1 unspecified atom stereocenters. The fourth-order valence-electron chi connectivity index (χ4n) is 1.02. The smallest absolute Gasteiger partial charge is 0.432 e. The lowest BCUT2D eigenvalue weighted by atomic mass is 10.4. The Balaban J connectivity index is 2.16. The SMILES string of the molecule is CC(C)OC(=O)OC1CCC[N]1. The lowest BCUT2D eigenvalue weighted by Crippen LogP contribution is -2.24. The highest BCUT2D eigenvalue weighted by atomic mass is 16.7. The number of ether oxygens (including phenoxy) is 2. The van der Waals surface area contributed by atoms with Crippen LogP contribution in [0.2, 0.25) is 0 Å². The van der Waals surface area contributed by atoms with Crippen molar-refractivity contribution in [3.63, 3.8) is 0 Å². The normalized spacial score (nSPS) is 22.8. The summed E-state index contributed by atoms with van der Waals surface area (Å²) in [5.74, 6) is 0. The summed E-state index contributed by atoms with van der Waals surface area (Å²) < 4.78 is 9.69. The van der Waals surface area contributed by atoms with Crippen LogP contribution >= 0.6 is 0 Å². The van der Waals surface area contributed by atoms with Gasteiger partial charge in [-0.15, -0.1) is 0 Å². The topological polar surface area (TPSA) is 49.6 Å². The van der Waals surface area contributed by atoms with E-state index in [-0.39, 0.29) is 12.3 Å². The number of carbonyl (C=O) groups excluding carboxylic acids is 1. The van der Waals surface area contributed by atoms with E-state index in [0.29, 0.717) is 0 Å². The fraction of sp³-hybridized carbons (Fsp3) is 0.875. The number of hydrogen-bond donors (Lipinski definition) is 0. The highest BCUT2D eigenvalue weighted by Gasteiger charge is 2.20. The maximum absolute atomic E-state index is 10.9. The number of rotatable bonds is 2. The molecule has 1 atom stereocenters. The Morgan fingerprint density at radius 1 is 1.58 bits per heavy atom. The maximum atomic E-state index is 10.9. The van der Waals surface area contributed by atoms with E-state index >= 15 is 0 Å². The van der Waals surface area contributed by atoms with Crippen molar-refractivity contribution in [3.8, 4) is 0 Å². The third-order valence-electron chi connectivity index (χ3n) is 1.51. The minimum Gasteiger partial charge on any atom is -0.432 e. The highest BCUT2D eigenvalue weighted by molar-refractivity contribution is 5.60. The molecule has 1 heterocycles. The average Bonchev–Trinajstić information content (AvgIpc) is 2.37. The van der Waals surface area contributed by atoms with Crippen LogP contribution in [0.5, 0.6) is 0 Å². The van der Waals surface area contributed by atoms with Crippen molar-refractivity contribution in [3.05, 3.63) is 0 Å². The fourth-order valence-corrected chi connectivity index (χ4v) is 1.02. The van der Waals surface area contributed by atoms with Crippen LogP contribution in [-0.4, -0.2) is 25.0 Å². The van der Waals surface area contributed by atoms with E-state index < -0.39 is 6.16 Å². The van der Waals surface area contributed by atoms with Crippen LogP contribution in [0.3, 0.4) is 0 Å². The zero-order valence-electron chi connectivity index (χ0n) is 7.45. The van der Waals surface area contributed by atoms with Crippen molar-refractivity contribution in [2.45, 2.75) is 39.0 Å². The van der Waals surface area contributed by atoms with Crippen molar-refractivity contribution in [1.82, 2.24) is 5.32 Å². The highest BCUT2D eigenvalue weighted by Crippen LogP contribution is 2.09. The van der Waals surface area contributed by atoms with Crippen molar-refractivity contribution in [2.24, 2.45) is 0 Å². The first-order chi connectivity index (χ1) is 5.68. The Labute approximate surface area is 72.2 Å². The van der Waals surface area contributed by atoms with Gasteiger partial charge >= 0.3 is 6.16 Å². The first-order valence-corrected chi connectivity index (χ1v) is 4.22. The lowest BCUT2D eigenvalue weighted by molar-refractivity contribution is 0.00206. The Kier molecular flexibility index (Phi) is 3.34. The minimum absolute atomic E-state index is 0.126. The van der Waals surface area contributed by atoms with Gasteiger partial charge in [0.05, 0.1) is 6.10 Å². The number of carbonyl (C=O) groups is 1. The van der Waals surface area contributed by atoms with Gasteiger partial charge in [-0.1, -0.05) is 0 Å². The van der Waals surface area contributed by atoms with Gasteiger partial charge in [0.15, 0.2) is 6.23 Å². The largest absolute Gasteiger partial charge is 0.510 e. The average molecular weight is 172 g/mol. The van der Waals surface area contributed by atoms with E-state index in [2.05, 4.69) is 5.32 Å². The van der Waals surface area contributed by atoms with E-state index in [1.165, 1.54) is 0 Å². The summed E-state index contributed by atoms with van der Waals surface area (Å²) >= 11 is 0. The van der Waals surface area contributed by atoms with Crippen LogP contribution in [0.25, 0.3) is 0 Å². The summed E-state index contributed by atoms with van der Waals surface area (Å²) in [5, 5.41) is 4.06. The monoisotopic (exact) mass is 172 g/mol. The van der Waals surface area contributed by atoms with Gasteiger partial charge in [0.1, 0.15) is 0 Å². The predicted molar refractivity (Wildman–Crippen MR) is 42.7 cm³/mol. The van der Waals surface area contributed by atoms with E-state index in [1.54, 1.807) is 13.8 Å². The zero-order chi connectivity index (χ0) is 8.97. The van der Waals surface area contributed by atoms with E-state index in [0.717, 1.165) is 19.4 Å². The van der Waals surface area contributed by atoms with Crippen molar-refractivity contribution < 1.29 is 14.3 Å². The molecule has 0 aliphatic carbocycles. The molecule has 0 spiro atoms. The Bertz CT molecular complexity index is 152. The summed E-state index contributed by atoms with van der Waals surface area (Å²) in [5.41, 5.74) is 0. The molecular formula is C8H14NO3. The standard InChI is InChI=1S/C8H14NO3/c1-6(2)11-8(10)12-7-4-3-5-9-7/h6-7H,3-5H2,1-2H3. The first-order valence-electron chi connectivity index (χ1n) is 4.22. The van der Waals surface area contributed by atoms with Gasteiger partial charge in [0, 0.05) is 13.0 Å². The van der Waals surface area contributed by atoms with Crippen LogP contribution in [0, 0.1) is 0 Å². The van der Waals surface area contributed by atoms with Crippen LogP contribution in [0.15, 0.2) is 0 Å². The Morgan fingerprint density at radius 3 is 2.83 bits per heavy atom. The second-order valence-electron chi connectivity index (χ2n) is 3.04. The maximum Gasteiger partial charge on any atom is 0.510 e. The van der Waals surface area contributed by atoms with Crippen LogP contribution in [-0.2, 0) is 9.47 Å². The van der Waals surface area contributed by atoms with Gasteiger partial charge in [-0.2, -0.15) is 0 Å². The van der Waals surface area contributed by atoms with Gasteiger partial charge in [0.2, 0.25) is 0 Å². The Hall–Kier alpha value is -0.770. The van der Waals surface area contributed by atoms with Crippen LogP contribution in [0.4, 0.5) is 4.79 Å². The second kappa shape index (κ2) is 4.30. The molecule has 0 aromatic rings. The molecule has 0 N–H and O–H groups in total. The molecule has 0 saturated carbocycles. The molecule has 4 heteroatoms. The van der Waals surface area contributed by atoms with E-state index in [9.17, 15) is 4.79 Å². The zero-order valence-corrected chi connectivity index (χ0v) is 7.45. The first kappa shape index (κ1) is 9.32. The van der Waals surface area contributed by atoms with Gasteiger partial charge in [-0.25, -0.2) is 10.1 Å². The number of hydrogen-bond acceptors (Lipinski definition) is 3. The van der Waals surface area contributed by atoms with Crippen LogP contribution in [0.1, 0.15) is 26.7 Å². The van der Waals surface area contributed by atoms with Crippen molar-refractivity contribution >= 4 is 6.16 Å². The van der Waals surface area contributed by atoms with Crippen molar-refractivity contribution in [2.75, 3.05) is 6.54 Å².